The predicted molar refractivity (Wildman–Crippen MR) is 33.7 cm³/mol. The maximum Gasteiger partial charge on any atom is 0.0412 e. The van der Waals surface area contributed by atoms with Gasteiger partial charge in [0.25, 0.3) is 0 Å². The van der Waals surface area contributed by atoms with Gasteiger partial charge in [-0.2, -0.15) is 0 Å². The van der Waals surface area contributed by atoms with E-state index in [1.807, 2.05) is 19.1 Å². The van der Waals surface area contributed by atoms with Crippen LogP contribution in [0.15, 0.2) is 12.2 Å². The van der Waals surface area contributed by atoms with Crippen LogP contribution in [0.1, 0.15) is 6.92 Å². The first kappa shape index (κ1) is 6.89. The molecule has 0 N–H and O–H groups in total. The summed E-state index contributed by atoms with van der Waals surface area (Å²) in [6, 6.07) is 0. The minimum absolute atomic E-state index is 0.652. The first-order chi connectivity index (χ1) is 3.27. The molecule has 0 aromatic heterocycles. The van der Waals surface area contributed by atoms with Crippen LogP contribution in [-0.4, -0.2) is 16.2 Å². The van der Waals surface area contributed by atoms with Crippen molar-refractivity contribution in [3.8, 4) is 0 Å². The van der Waals surface area contributed by atoms with Crippen molar-refractivity contribution < 1.29 is 4.21 Å². The average molecular weight is 118 g/mol. The zero-order chi connectivity index (χ0) is 5.70. The van der Waals surface area contributed by atoms with Crippen molar-refractivity contribution in [3.63, 3.8) is 0 Å². The van der Waals surface area contributed by atoms with Gasteiger partial charge in [0.05, 0.1) is 0 Å². The highest BCUT2D eigenvalue weighted by atomic mass is 32.2. The highest BCUT2D eigenvalue weighted by Crippen LogP contribution is 1.75. The summed E-state index contributed by atoms with van der Waals surface area (Å²) < 4.78 is 10.3. The van der Waals surface area contributed by atoms with E-state index in [-0.39, 0.29) is 0 Å². The van der Waals surface area contributed by atoms with Gasteiger partial charge in [0.15, 0.2) is 0 Å². The molecule has 0 aromatic carbocycles. The Balaban J connectivity index is 3.14. The van der Waals surface area contributed by atoms with Gasteiger partial charge in [0.1, 0.15) is 0 Å². The Morgan fingerprint density at radius 3 is 2.43 bits per heavy atom. The summed E-state index contributed by atoms with van der Waals surface area (Å²) in [6.07, 6.45) is 5.50. The van der Waals surface area contributed by atoms with Gasteiger partial charge < -0.3 is 0 Å². The fraction of sp³-hybridized carbons (Fsp3) is 0.600. The van der Waals surface area contributed by atoms with Crippen LogP contribution in [0.4, 0.5) is 0 Å². The normalized spacial score (nSPS) is 15.1. The molecule has 0 saturated heterocycles. The van der Waals surface area contributed by atoms with E-state index in [0.717, 1.165) is 0 Å². The van der Waals surface area contributed by atoms with Gasteiger partial charge in [0.2, 0.25) is 0 Å². The lowest BCUT2D eigenvalue weighted by atomic mass is 10.6. The Morgan fingerprint density at radius 1 is 1.71 bits per heavy atom. The minimum atomic E-state index is -0.652. The molecule has 1 unspecified atom stereocenters. The third kappa shape index (κ3) is 5.89. The second-order valence-electron chi connectivity index (χ2n) is 1.31. The van der Waals surface area contributed by atoms with Gasteiger partial charge in [-0.1, -0.05) is 12.2 Å². The fourth-order valence-corrected chi connectivity index (χ4v) is 0.695. The van der Waals surface area contributed by atoms with E-state index >= 15 is 0 Å². The third-order valence-electron chi connectivity index (χ3n) is 0.567. The monoisotopic (exact) mass is 118 g/mol. The molecule has 0 aliphatic carbocycles. The molecule has 2 heteroatoms. The predicted octanol–water partition coefficient (Wildman–Crippen LogP) is 0.941. The Kier molecular flexibility index (Phi) is 4.00. The van der Waals surface area contributed by atoms with E-state index in [4.69, 9.17) is 0 Å². The molecule has 0 radical (unpaired) electrons. The smallest absolute Gasteiger partial charge is 0.0412 e. The van der Waals surface area contributed by atoms with Crippen molar-refractivity contribution in [1.82, 2.24) is 0 Å². The quantitative estimate of drug-likeness (QED) is 0.493. The van der Waals surface area contributed by atoms with Gasteiger partial charge in [-0.05, 0) is 6.92 Å². The van der Waals surface area contributed by atoms with Crippen LogP contribution < -0.4 is 0 Å². The summed E-state index contributed by atoms with van der Waals surface area (Å²) in [4.78, 5) is 0. The lowest BCUT2D eigenvalue weighted by molar-refractivity contribution is 0.688. The lowest BCUT2D eigenvalue weighted by Gasteiger charge is -1.80. The fourth-order valence-electron chi connectivity index (χ4n) is 0.232. The van der Waals surface area contributed by atoms with Crippen LogP contribution in [0.5, 0.6) is 0 Å². The molecule has 0 amide bonds. The molecule has 1 nitrogen and oxygen atoms in total. The van der Waals surface area contributed by atoms with Crippen LogP contribution in [0.2, 0.25) is 0 Å². The van der Waals surface area contributed by atoms with Gasteiger partial charge in [-0.15, -0.1) is 0 Å². The SMILES string of the molecule is C/C=C\CS(C)=O. The highest BCUT2D eigenvalue weighted by molar-refractivity contribution is 7.84. The van der Waals surface area contributed by atoms with Crippen LogP contribution in [-0.2, 0) is 10.8 Å². The molecule has 0 bridgehead atoms. The van der Waals surface area contributed by atoms with Crippen molar-refractivity contribution in [2.45, 2.75) is 6.92 Å². The minimum Gasteiger partial charge on any atom is -0.260 e. The summed E-state index contributed by atoms with van der Waals surface area (Å²) in [5.74, 6) is 0.691. The molecule has 1 atom stereocenters. The van der Waals surface area contributed by atoms with Crippen LogP contribution in [0, 0.1) is 0 Å². The van der Waals surface area contributed by atoms with Crippen molar-refractivity contribution >= 4 is 10.8 Å². The molecule has 0 saturated carbocycles. The first-order valence-electron chi connectivity index (χ1n) is 2.18. The van der Waals surface area contributed by atoms with Gasteiger partial charge >= 0.3 is 0 Å². The molecule has 0 fully saturated rings. The molecular formula is C5H10OS. The molecule has 0 aliphatic rings. The Morgan fingerprint density at radius 2 is 2.29 bits per heavy atom. The largest absolute Gasteiger partial charge is 0.260 e. The molecule has 0 spiro atoms. The number of hydrogen-bond acceptors (Lipinski definition) is 1. The highest BCUT2D eigenvalue weighted by Gasteiger charge is 1.78. The Hall–Kier alpha value is -0.110. The second-order valence-corrected chi connectivity index (χ2v) is 2.79. The summed E-state index contributed by atoms with van der Waals surface area (Å²) in [5, 5.41) is 0. The lowest BCUT2D eigenvalue weighted by Crippen LogP contribution is -1.86. The topological polar surface area (TPSA) is 17.1 Å². The van der Waals surface area contributed by atoms with Crippen molar-refractivity contribution in [3.05, 3.63) is 12.2 Å². The zero-order valence-corrected chi connectivity index (χ0v) is 5.49. The molecule has 7 heavy (non-hydrogen) atoms. The Bertz CT molecular complexity index is 86.1. The molecule has 0 aliphatic heterocycles. The van der Waals surface area contributed by atoms with E-state index in [0.29, 0.717) is 5.75 Å². The van der Waals surface area contributed by atoms with Crippen LogP contribution in [0.3, 0.4) is 0 Å². The Labute approximate surface area is 46.9 Å². The zero-order valence-electron chi connectivity index (χ0n) is 4.68. The van der Waals surface area contributed by atoms with Crippen molar-refractivity contribution in [2.75, 3.05) is 12.0 Å². The number of allylic oxidation sites excluding steroid dienone is 1. The van der Waals surface area contributed by atoms with E-state index in [2.05, 4.69) is 0 Å². The van der Waals surface area contributed by atoms with Crippen molar-refractivity contribution in [1.29, 1.82) is 0 Å². The van der Waals surface area contributed by atoms with E-state index in [1.54, 1.807) is 6.26 Å². The van der Waals surface area contributed by atoms with E-state index in [9.17, 15) is 4.21 Å². The molecule has 0 heterocycles. The van der Waals surface area contributed by atoms with Crippen molar-refractivity contribution in [2.24, 2.45) is 0 Å². The second kappa shape index (κ2) is 4.06. The summed E-state index contributed by atoms with van der Waals surface area (Å²) >= 11 is 0. The first-order valence-corrected chi connectivity index (χ1v) is 3.91. The third-order valence-corrected chi connectivity index (χ3v) is 1.23. The molecule has 42 valence electrons. The van der Waals surface area contributed by atoms with Gasteiger partial charge in [0, 0.05) is 22.8 Å². The van der Waals surface area contributed by atoms with E-state index in [1.165, 1.54) is 0 Å². The molecular weight excluding hydrogens is 108 g/mol. The maximum atomic E-state index is 10.3. The number of hydrogen-bond donors (Lipinski definition) is 0. The van der Waals surface area contributed by atoms with Gasteiger partial charge in [-0.25, -0.2) is 0 Å². The molecule has 0 rings (SSSR count). The maximum absolute atomic E-state index is 10.3. The average Bonchev–Trinajstić information content (AvgIpc) is 1.61. The number of rotatable bonds is 2. The summed E-state index contributed by atoms with van der Waals surface area (Å²) in [5.41, 5.74) is 0. The summed E-state index contributed by atoms with van der Waals surface area (Å²) in [6.45, 7) is 1.92. The van der Waals surface area contributed by atoms with Gasteiger partial charge in [-0.3, -0.25) is 4.21 Å². The summed E-state index contributed by atoms with van der Waals surface area (Å²) in [7, 11) is -0.652. The van der Waals surface area contributed by atoms with Crippen LogP contribution in [0.25, 0.3) is 0 Å². The van der Waals surface area contributed by atoms with Crippen LogP contribution >= 0.6 is 0 Å². The van der Waals surface area contributed by atoms with E-state index < -0.39 is 10.8 Å². The molecule has 0 aromatic rings. The standard InChI is InChI=1S/C5H10OS/c1-3-4-5-7(2)6/h3-4H,5H2,1-2H3/b4-3-.